The normalized spacial score (nSPS) is 10.2. The number of phenolic OH excluding ortho intramolecular Hbond substituents is 1. The second-order valence-electron chi connectivity index (χ2n) is 5.36. The van der Waals surface area contributed by atoms with Crippen molar-refractivity contribution in [3.8, 4) is 11.5 Å². The van der Waals surface area contributed by atoms with E-state index in [2.05, 4.69) is 4.74 Å². The third kappa shape index (κ3) is 5.76. The average Bonchev–Trinajstić information content (AvgIpc) is 2.60. The van der Waals surface area contributed by atoms with Gasteiger partial charge >= 0.3 is 11.9 Å². The molecule has 0 saturated heterocycles. The summed E-state index contributed by atoms with van der Waals surface area (Å²) in [6, 6.07) is 13.8. The number of methoxy groups -OCH3 is 1. The molecule has 0 fully saturated rings. The first kappa shape index (κ1) is 17.5. The molecule has 5 heteroatoms. The first-order valence-corrected chi connectivity index (χ1v) is 7.71. The molecule has 126 valence electrons. The highest BCUT2D eigenvalue weighted by atomic mass is 16.5. The van der Waals surface area contributed by atoms with Gasteiger partial charge in [0, 0.05) is 12.8 Å². The van der Waals surface area contributed by atoms with Crippen molar-refractivity contribution < 1.29 is 24.2 Å². The Kier molecular flexibility index (Phi) is 6.37. The minimum Gasteiger partial charge on any atom is -0.508 e. The molecule has 0 aliphatic rings. The molecule has 0 amide bonds. The maximum Gasteiger partial charge on any atom is 0.311 e. The van der Waals surface area contributed by atoms with E-state index < -0.39 is 0 Å². The fraction of sp³-hybridized carbons (Fsp3) is 0.263. The highest BCUT2D eigenvalue weighted by Gasteiger charge is 2.07. The zero-order valence-electron chi connectivity index (χ0n) is 13.5. The van der Waals surface area contributed by atoms with Gasteiger partial charge in [0.1, 0.15) is 11.5 Å². The number of hydrogen-bond donors (Lipinski definition) is 1. The largest absolute Gasteiger partial charge is 0.508 e. The van der Waals surface area contributed by atoms with Crippen LogP contribution in [-0.2, 0) is 27.2 Å². The van der Waals surface area contributed by atoms with Crippen molar-refractivity contribution >= 4 is 11.9 Å². The van der Waals surface area contributed by atoms with E-state index in [1.54, 1.807) is 36.4 Å². The van der Waals surface area contributed by atoms with E-state index in [1.807, 2.05) is 12.1 Å². The lowest BCUT2D eigenvalue weighted by atomic mass is 10.1. The molecule has 2 aromatic rings. The lowest BCUT2D eigenvalue weighted by molar-refractivity contribution is -0.140. The number of esters is 2. The summed E-state index contributed by atoms with van der Waals surface area (Å²) in [6.45, 7) is 0. The Morgan fingerprint density at radius 2 is 1.33 bits per heavy atom. The minimum atomic E-state index is -0.314. The molecule has 0 aromatic heterocycles. The van der Waals surface area contributed by atoms with Crippen molar-refractivity contribution in [1.82, 2.24) is 0 Å². The summed E-state index contributed by atoms with van der Waals surface area (Å²) in [7, 11) is 1.36. The topological polar surface area (TPSA) is 72.8 Å². The molecule has 5 nitrogen and oxygen atoms in total. The molecular weight excluding hydrogens is 308 g/mol. The number of phenols is 1. The second kappa shape index (κ2) is 8.72. The maximum absolute atomic E-state index is 11.9. The van der Waals surface area contributed by atoms with Gasteiger partial charge < -0.3 is 14.6 Å². The molecule has 0 bridgehead atoms. The fourth-order valence-electron chi connectivity index (χ4n) is 2.16. The number of carbonyl (C=O) groups excluding carboxylic acids is 2. The van der Waals surface area contributed by atoms with Gasteiger partial charge in [-0.05, 0) is 48.2 Å². The summed E-state index contributed by atoms with van der Waals surface area (Å²) in [5.74, 6) is 0.117. The molecule has 0 spiro atoms. The van der Waals surface area contributed by atoms with Crippen molar-refractivity contribution in [2.24, 2.45) is 0 Å². The van der Waals surface area contributed by atoms with Crippen molar-refractivity contribution in [3.05, 3.63) is 59.7 Å². The predicted molar refractivity (Wildman–Crippen MR) is 88.8 cm³/mol. The van der Waals surface area contributed by atoms with E-state index in [1.165, 1.54) is 7.11 Å². The highest BCUT2D eigenvalue weighted by molar-refractivity contribution is 5.72. The smallest absolute Gasteiger partial charge is 0.311 e. The van der Waals surface area contributed by atoms with E-state index in [4.69, 9.17) is 4.74 Å². The van der Waals surface area contributed by atoms with Crippen LogP contribution in [0, 0.1) is 0 Å². The van der Waals surface area contributed by atoms with Crippen molar-refractivity contribution in [1.29, 1.82) is 0 Å². The van der Waals surface area contributed by atoms with Gasteiger partial charge in [0.15, 0.2) is 0 Å². The summed E-state index contributed by atoms with van der Waals surface area (Å²) in [5, 5.41) is 9.22. The van der Waals surface area contributed by atoms with Crippen LogP contribution in [0.2, 0.25) is 0 Å². The van der Waals surface area contributed by atoms with Crippen LogP contribution in [0.3, 0.4) is 0 Å². The number of aromatic hydroxyl groups is 1. The zero-order valence-corrected chi connectivity index (χ0v) is 13.5. The number of carbonyl (C=O) groups is 2. The first-order chi connectivity index (χ1) is 11.6. The quantitative estimate of drug-likeness (QED) is 0.625. The van der Waals surface area contributed by atoms with Gasteiger partial charge in [0.2, 0.25) is 0 Å². The first-order valence-electron chi connectivity index (χ1n) is 7.71. The van der Waals surface area contributed by atoms with Gasteiger partial charge in [-0.3, -0.25) is 9.59 Å². The van der Waals surface area contributed by atoms with Crippen LogP contribution in [0.25, 0.3) is 0 Å². The molecule has 0 aliphatic heterocycles. The molecule has 0 heterocycles. The van der Waals surface area contributed by atoms with E-state index in [0.717, 1.165) is 11.1 Å². The SMILES string of the molecule is COC(=O)CCc1ccc(OC(=O)CCc2ccc(O)cc2)cc1. The van der Waals surface area contributed by atoms with Crippen LogP contribution in [0.1, 0.15) is 24.0 Å². The number of benzene rings is 2. The van der Waals surface area contributed by atoms with Crippen LogP contribution in [0.4, 0.5) is 0 Å². The molecule has 24 heavy (non-hydrogen) atoms. The Balaban J connectivity index is 1.79. The van der Waals surface area contributed by atoms with Crippen LogP contribution in [0.15, 0.2) is 48.5 Å². The summed E-state index contributed by atoms with van der Waals surface area (Å²) in [4.78, 5) is 23.0. The van der Waals surface area contributed by atoms with Crippen molar-refractivity contribution in [2.75, 3.05) is 7.11 Å². The molecule has 0 radical (unpaired) electrons. The van der Waals surface area contributed by atoms with Gasteiger partial charge in [-0.25, -0.2) is 0 Å². The van der Waals surface area contributed by atoms with Crippen LogP contribution < -0.4 is 4.74 Å². The van der Waals surface area contributed by atoms with Crippen molar-refractivity contribution in [3.63, 3.8) is 0 Å². The standard InChI is InChI=1S/C19H20O5/c1-23-18(21)12-6-15-4-10-17(11-5-15)24-19(22)13-7-14-2-8-16(20)9-3-14/h2-5,8-11,20H,6-7,12-13H2,1H3. The minimum absolute atomic E-state index is 0.202. The molecule has 0 saturated carbocycles. The Bertz CT molecular complexity index is 674. The summed E-state index contributed by atoms with van der Waals surface area (Å²) in [5.41, 5.74) is 1.94. The third-order valence-corrected chi connectivity index (χ3v) is 3.55. The van der Waals surface area contributed by atoms with Gasteiger partial charge in [-0.1, -0.05) is 24.3 Å². The van der Waals surface area contributed by atoms with Gasteiger partial charge in [0.25, 0.3) is 0 Å². The van der Waals surface area contributed by atoms with Gasteiger partial charge in [-0.2, -0.15) is 0 Å². The predicted octanol–water partition coefficient (Wildman–Crippen LogP) is 3.04. The summed E-state index contributed by atoms with van der Waals surface area (Å²) < 4.78 is 9.88. The third-order valence-electron chi connectivity index (χ3n) is 3.55. The number of hydrogen-bond acceptors (Lipinski definition) is 5. The van der Waals surface area contributed by atoms with Crippen molar-refractivity contribution in [2.45, 2.75) is 25.7 Å². The van der Waals surface area contributed by atoms with E-state index in [0.29, 0.717) is 25.0 Å². The molecular formula is C19H20O5. The molecule has 0 atom stereocenters. The van der Waals surface area contributed by atoms with Crippen LogP contribution in [-0.4, -0.2) is 24.2 Å². The summed E-state index contributed by atoms with van der Waals surface area (Å²) >= 11 is 0. The lowest BCUT2D eigenvalue weighted by Gasteiger charge is -2.06. The molecule has 1 N–H and O–H groups in total. The van der Waals surface area contributed by atoms with Crippen LogP contribution >= 0.6 is 0 Å². The maximum atomic E-state index is 11.9. The Morgan fingerprint density at radius 1 is 0.833 bits per heavy atom. The molecule has 0 aliphatic carbocycles. The van der Waals surface area contributed by atoms with Gasteiger partial charge in [0.05, 0.1) is 7.11 Å². The Labute approximate surface area is 140 Å². The average molecular weight is 328 g/mol. The Morgan fingerprint density at radius 3 is 1.88 bits per heavy atom. The second-order valence-corrected chi connectivity index (χ2v) is 5.36. The van der Waals surface area contributed by atoms with E-state index >= 15 is 0 Å². The Hall–Kier alpha value is -2.82. The number of ether oxygens (including phenoxy) is 2. The zero-order chi connectivity index (χ0) is 17.4. The van der Waals surface area contributed by atoms with E-state index in [9.17, 15) is 14.7 Å². The molecule has 2 rings (SSSR count). The fourth-order valence-corrected chi connectivity index (χ4v) is 2.16. The number of rotatable bonds is 7. The molecule has 0 unspecified atom stereocenters. The van der Waals surface area contributed by atoms with Crippen LogP contribution in [0.5, 0.6) is 11.5 Å². The highest BCUT2D eigenvalue weighted by Crippen LogP contribution is 2.15. The lowest BCUT2D eigenvalue weighted by Crippen LogP contribution is -2.09. The van der Waals surface area contributed by atoms with E-state index in [-0.39, 0.29) is 24.1 Å². The summed E-state index contributed by atoms with van der Waals surface area (Å²) in [6.07, 6.45) is 1.72. The molecule has 2 aromatic carbocycles. The van der Waals surface area contributed by atoms with Gasteiger partial charge in [-0.15, -0.1) is 0 Å². The monoisotopic (exact) mass is 328 g/mol. The number of aryl methyl sites for hydroxylation is 2.